The van der Waals surface area contributed by atoms with Crippen molar-refractivity contribution in [3.63, 3.8) is 0 Å². The highest BCUT2D eigenvalue weighted by Gasteiger charge is 2.39. The Morgan fingerprint density at radius 2 is 1.00 bits per heavy atom. The van der Waals surface area contributed by atoms with Crippen LogP contribution in [-0.4, -0.2) is 50.1 Å². The minimum absolute atomic E-state index is 0.121. The quantitative estimate of drug-likeness (QED) is 0.658. The van der Waals surface area contributed by atoms with Crippen molar-refractivity contribution in [2.45, 2.75) is 76.3 Å². The minimum Gasteiger partial charge on any atom is -0.302 e. The number of rotatable bonds is 6. The predicted molar refractivity (Wildman–Crippen MR) is 97.3 cm³/mol. The van der Waals surface area contributed by atoms with Crippen LogP contribution in [0.1, 0.15) is 64.2 Å². The second-order valence-electron chi connectivity index (χ2n) is 8.33. The van der Waals surface area contributed by atoms with Gasteiger partial charge in [-0.25, -0.2) is 0 Å². The summed E-state index contributed by atoms with van der Waals surface area (Å²) in [6.07, 6.45) is 10.2. The molecule has 2 rings (SSSR count). The Hall–Kier alpha value is -0.480. The second kappa shape index (κ2) is 9.28. The molecule has 0 aliphatic heterocycles. The summed E-state index contributed by atoms with van der Waals surface area (Å²) in [6.45, 7) is 0. The summed E-state index contributed by atoms with van der Waals surface area (Å²) < 4.78 is 28.5. The maximum Gasteiger partial charge on any atom is 0.272 e. The van der Waals surface area contributed by atoms with Crippen molar-refractivity contribution in [2.75, 3.05) is 28.2 Å². The van der Waals surface area contributed by atoms with Crippen LogP contribution in [0, 0.1) is 11.8 Å². The van der Waals surface area contributed by atoms with Gasteiger partial charge in [0.05, 0.1) is 0 Å². The van der Waals surface area contributed by atoms with Gasteiger partial charge in [0.2, 0.25) is 0 Å². The molecule has 2 unspecified atom stereocenters. The fourth-order valence-electron chi connectivity index (χ4n) is 5.21. The molecule has 2 atom stereocenters. The van der Waals surface area contributed by atoms with Crippen molar-refractivity contribution in [1.82, 2.24) is 9.80 Å². The van der Waals surface area contributed by atoms with Gasteiger partial charge in [0, 0.05) is 17.7 Å². The van der Waals surface area contributed by atoms with Crippen LogP contribution in [0.2, 0.25) is 0 Å². The largest absolute Gasteiger partial charge is 0.302 e. The molecule has 2 nitrogen and oxygen atoms in total. The van der Waals surface area contributed by atoms with Gasteiger partial charge in [-0.3, -0.25) is 0 Å². The number of hydrogen-bond acceptors (Lipinski definition) is 2. The third-order valence-corrected chi connectivity index (χ3v) is 6.16. The van der Waals surface area contributed by atoms with E-state index in [1.165, 1.54) is 38.5 Å². The zero-order valence-corrected chi connectivity index (χ0v) is 16.0. The molecule has 2 saturated carbocycles. The van der Waals surface area contributed by atoms with Crippen LogP contribution in [-0.2, 0) is 0 Å². The van der Waals surface area contributed by atoms with Gasteiger partial charge in [0.25, 0.3) is 6.08 Å². The summed E-state index contributed by atoms with van der Waals surface area (Å²) in [5.74, 6) is 0.743. The molecule has 0 amide bonds. The highest BCUT2D eigenvalue weighted by molar-refractivity contribution is 5.22. The number of likely N-dealkylation sites (N-methyl/N-ethyl adjacent to an activating group) is 2. The summed E-state index contributed by atoms with van der Waals surface area (Å²) in [5.41, 5.74) is 0.420. The topological polar surface area (TPSA) is 6.48 Å². The Balaban J connectivity index is 2.33. The Morgan fingerprint density at radius 3 is 1.25 bits per heavy atom. The van der Waals surface area contributed by atoms with Crippen LogP contribution in [0.25, 0.3) is 0 Å². The summed E-state index contributed by atoms with van der Waals surface area (Å²) in [7, 11) is 7.93. The molecule has 0 saturated heterocycles. The molecular weight excluding hydrogens is 306 g/mol. The Morgan fingerprint density at radius 1 is 0.667 bits per heavy atom. The van der Waals surface area contributed by atoms with Crippen LogP contribution in [0.4, 0.5) is 8.78 Å². The smallest absolute Gasteiger partial charge is 0.272 e. The molecule has 0 aromatic carbocycles. The van der Waals surface area contributed by atoms with E-state index < -0.39 is 6.08 Å². The monoisotopic (exact) mass is 342 g/mol. The summed E-state index contributed by atoms with van der Waals surface area (Å²) in [4.78, 5) is 4.12. The molecule has 0 heterocycles. The molecule has 0 N–H and O–H groups in total. The van der Waals surface area contributed by atoms with Crippen molar-refractivity contribution in [3.8, 4) is 0 Å². The van der Waals surface area contributed by atoms with E-state index >= 15 is 0 Å². The van der Waals surface area contributed by atoms with E-state index in [1.807, 2.05) is 28.2 Å². The van der Waals surface area contributed by atoms with Crippen LogP contribution in [0.15, 0.2) is 11.7 Å². The molecule has 2 fully saturated rings. The van der Waals surface area contributed by atoms with E-state index in [2.05, 4.69) is 9.80 Å². The molecule has 4 heteroatoms. The maximum absolute atomic E-state index is 14.3. The number of hydrogen-bond donors (Lipinski definition) is 0. The number of halogens is 2. The zero-order chi connectivity index (χ0) is 17.7. The van der Waals surface area contributed by atoms with E-state index in [0.717, 1.165) is 25.7 Å². The van der Waals surface area contributed by atoms with Crippen molar-refractivity contribution in [2.24, 2.45) is 11.8 Å². The Bertz CT molecular complexity index is 372. The van der Waals surface area contributed by atoms with Crippen molar-refractivity contribution >= 4 is 0 Å². The standard InChI is InChI=1S/C20H36F2N2/c1-23(2)18(15-11-7-5-8-12-15)17(20(21)22)19(24(3)4)16-13-9-6-10-14-16/h15-16,18-19H,5-14H2,1-4H3. The fourth-order valence-corrected chi connectivity index (χ4v) is 5.21. The average Bonchev–Trinajstić information content (AvgIpc) is 2.55. The summed E-state index contributed by atoms with van der Waals surface area (Å²) in [6, 6.07) is -0.241. The lowest BCUT2D eigenvalue weighted by Crippen LogP contribution is -2.48. The third kappa shape index (κ3) is 4.78. The van der Waals surface area contributed by atoms with Gasteiger partial charge in [0.15, 0.2) is 0 Å². The zero-order valence-electron chi connectivity index (χ0n) is 16.0. The normalized spacial score (nSPS) is 23.5. The van der Waals surface area contributed by atoms with Crippen LogP contribution < -0.4 is 0 Å². The molecule has 0 spiro atoms. The Kier molecular flexibility index (Phi) is 7.67. The number of nitrogens with zero attached hydrogens (tertiary/aromatic N) is 2. The van der Waals surface area contributed by atoms with Gasteiger partial charge in [0.1, 0.15) is 0 Å². The molecule has 0 bridgehead atoms. The van der Waals surface area contributed by atoms with E-state index in [-0.39, 0.29) is 12.1 Å². The summed E-state index contributed by atoms with van der Waals surface area (Å²) in [5, 5.41) is 0. The molecular formula is C20H36F2N2. The fraction of sp³-hybridized carbons (Fsp3) is 0.900. The van der Waals surface area contributed by atoms with Crippen molar-refractivity contribution < 1.29 is 8.78 Å². The van der Waals surface area contributed by atoms with E-state index in [1.54, 1.807) is 0 Å². The molecule has 2 aliphatic rings. The van der Waals surface area contributed by atoms with Gasteiger partial charge >= 0.3 is 0 Å². The van der Waals surface area contributed by atoms with E-state index in [0.29, 0.717) is 17.4 Å². The van der Waals surface area contributed by atoms with Crippen LogP contribution >= 0.6 is 0 Å². The molecule has 0 aromatic heterocycles. The first-order valence-corrected chi connectivity index (χ1v) is 9.81. The van der Waals surface area contributed by atoms with E-state index in [9.17, 15) is 8.78 Å². The molecule has 24 heavy (non-hydrogen) atoms. The van der Waals surface area contributed by atoms with Crippen molar-refractivity contribution in [3.05, 3.63) is 11.7 Å². The minimum atomic E-state index is -1.43. The van der Waals surface area contributed by atoms with Gasteiger partial charge < -0.3 is 9.80 Å². The van der Waals surface area contributed by atoms with Gasteiger partial charge in [-0.2, -0.15) is 8.78 Å². The molecule has 0 radical (unpaired) electrons. The molecule has 2 aliphatic carbocycles. The van der Waals surface area contributed by atoms with Crippen LogP contribution in [0.5, 0.6) is 0 Å². The molecule has 0 aromatic rings. The lowest BCUT2D eigenvalue weighted by molar-refractivity contribution is 0.132. The maximum atomic E-state index is 14.3. The van der Waals surface area contributed by atoms with Gasteiger partial charge in [-0.1, -0.05) is 38.5 Å². The first-order chi connectivity index (χ1) is 11.4. The highest BCUT2D eigenvalue weighted by Crippen LogP contribution is 2.40. The lowest BCUT2D eigenvalue weighted by Gasteiger charge is -2.43. The van der Waals surface area contributed by atoms with Gasteiger partial charge in [-0.05, 0) is 65.7 Å². The SMILES string of the molecule is CN(C)C(C(=C(F)F)C(C1CCCCC1)N(C)C)C1CCCCC1. The van der Waals surface area contributed by atoms with Gasteiger partial charge in [-0.15, -0.1) is 0 Å². The average molecular weight is 343 g/mol. The second-order valence-corrected chi connectivity index (χ2v) is 8.33. The summed E-state index contributed by atoms with van der Waals surface area (Å²) >= 11 is 0. The first-order valence-electron chi connectivity index (χ1n) is 9.81. The highest BCUT2D eigenvalue weighted by atomic mass is 19.3. The lowest BCUT2D eigenvalue weighted by atomic mass is 9.73. The predicted octanol–water partition coefficient (Wildman–Crippen LogP) is 5.16. The van der Waals surface area contributed by atoms with E-state index in [4.69, 9.17) is 0 Å². The van der Waals surface area contributed by atoms with Crippen molar-refractivity contribution in [1.29, 1.82) is 0 Å². The van der Waals surface area contributed by atoms with Crippen LogP contribution in [0.3, 0.4) is 0 Å². The third-order valence-electron chi connectivity index (χ3n) is 6.16. The Labute approximate surface area is 147 Å². The first kappa shape index (κ1) is 19.8. The molecule has 140 valence electrons.